The average molecular weight is 311 g/mol. The maximum atomic E-state index is 12.3. The highest BCUT2D eigenvalue weighted by Crippen LogP contribution is 2.25. The first-order chi connectivity index (χ1) is 9.94. The van der Waals surface area contributed by atoms with E-state index in [-0.39, 0.29) is 0 Å². The van der Waals surface area contributed by atoms with Crippen LogP contribution in [0.4, 0.5) is 5.69 Å². The summed E-state index contributed by atoms with van der Waals surface area (Å²) in [6, 6.07) is 7.94. The van der Waals surface area contributed by atoms with Gasteiger partial charge in [0.15, 0.2) is 0 Å². The van der Waals surface area contributed by atoms with E-state index in [2.05, 4.69) is 28.9 Å². The Hall–Kier alpha value is -1.11. The zero-order chi connectivity index (χ0) is 15.5. The molecule has 1 aromatic carbocycles. The number of hydrogen-bond donors (Lipinski definition) is 2. The van der Waals surface area contributed by atoms with E-state index in [0.717, 1.165) is 19.4 Å². The van der Waals surface area contributed by atoms with Crippen LogP contribution < -0.4 is 10.0 Å². The van der Waals surface area contributed by atoms with E-state index in [9.17, 15) is 8.42 Å². The molecule has 1 aliphatic heterocycles. The molecule has 21 heavy (non-hydrogen) atoms. The zero-order valence-electron chi connectivity index (χ0n) is 13.0. The van der Waals surface area contributed by atoms with E-state index in [1.54, 1.807) is 19.1 Å². The summed E-state index contributed by atoms with van der Waals surface area (Å²) in [5.41, 5.74) is 0.695. The van der Waals surface area contributed by atoms with Crippen LogP contribution in [-0.2, 0) is 10.0 Å². The van der Waals surface area contributed by atoms with Gasteiger partial charge in [-0.2, -0.15) is 0 Å². The molecule has 1 heterocycles. The molecular weight excluding hydrogens is 286 g/mol. The summed E-state index contributed by atoms with van der Waals surface area (Å²) >= 11 is 0. The molecule has 0 bridgehead atoms. The largest absolute Gasteiger partial charge is 0.381 e. The molecule has 1 saturated heterocycles. The second kappa shape index (κ2) is 6.77. The van der Waals surface area contributed by atoms with E-state index >= 15 is 0 Å². The highest BCUT2D eigenvalue weighted by molar-refractivity contribution is 7.89. The second-order valence-electron chi connectivity index (χ2n) is 5.69. The van der Waals surface area contributed by atoms with Crippen molar-refractivity contribution in [3.05, 3.63) is 24.3 Å². The number of likely N-dealkylation sites (tertiary alicyclic amines) is 1. The summed E-state index contributed by atoms with van der Waals surface area (Å²) in [4.78, 5) is 2.66. The minimum Gasteiger partial charge on any atom is -0.381 e. The van der Waals surface area contributed by atoms with E-state index in [1.807, 2.05) is 12.1 Å². The molecule has 0 amide bonds. The summed E-state index contributed by atoms with van der Waals surface area (Å²) in [5.74, 6) is 0. The van der Waals surface area contributed by atoms with Gasteiger partial charge >= 0.3 is 0 Å². The fourth-order valence-corrected chi connectivity index (χ4v) is 3.94. The summed E-state index contributed by atoms with van der Waals surface area (Å²) in [6.45, 7) is 5.41. The molecule has 6 heteroatoms. The molecule has 0 aromatic heterocycles. The van der Waals surface area contributed by atoms with Crippen LogP contribution in [0.2, 0.25) is 0 Å². The van der Waals surface area contributed by atoms with Gasteiger partial charge in [-0.05, 0) is 38.9 Å². The number of hydrogen-bond acceptors (Lipinski definition) is 4. The molecule has 0 spiro atoms. The van der Waals surface area contributed by atoms with Crippen molar-refractivity contribution in [2.45, 2.75) is 43.7 Å². The number of para-hydroxylation sites is 1. The topological polar surface area (TPSA) is 61.4 Å². The molecule has 1 aromatic rings. The van der Waals surface area contributed by atoms with Gasteiger partial charge in [-0.15, -0.1) is 0 Å². The van der Waals surface area contributed by atoms with E-state index in [0.29, 0.717) is 29.2 Å². The molecule has 2 atom stereocenters. The standard InChI is InChI=1S/C15H25N3O2S/c1-4-16-21(19,20)15-8-6-5-7-14(15)17-13-9-10-18(3)12(2)11-13/h5-8,12-13,16-17H,4,9-11H2,1-3H3. The summed E-state index contributed by atoms with van der Waals surface area (Å²) in [5, 5.41) is 3.42. The van der Waals surface area contributed by atoms with Crippen molar-refractivity contribution in [1.29, 1.82) is 0 Å². The molecule has 2 rings (SSSR count). The predicted molar refractivity (Wildman–Crippen MR) is 86.0 cm³/mol. The minimum absolute atomic E-state index is 0.314. The molecule has 5 nitrogen and oxygen atoms in total. The smallest absolute Gasteiger partial charge is 0.242 e. The third-order valence-electron chi connectivity index (χ3n) is 4.08. The Kier molecular flexibility index (Phi) is 5.24. The summed E-state index contributed by atoms with van der Waals surface area (Å²) < 4.78 is 27.1. The number of piperidine rings is 1. The predicted octanol–water partition coefficient (Wildman–Crippen LogP) is 1.88. The maximum absolute atomic E-state index is 12.3. The van der Waals surface area contributed by atoms with Crippen molar-refractivity contribution >= 4 is 15.7 Å². The summed E-state index contributed by atoms with van der Waals surface area (Å²) in [6.07, 6.45) is 2.04. The monoisotopic (exact) mass is 311 g/mol. The molecular formula is C15H25N3O2S. The third kappa shape index (κ3) is 3.96. The van der Waals surface area contributed by atoms with Crippen LogP contribution in [0, 0.1) is 0 Å². The Balaban J connectivity index is 2.18. The van der Waals surface area contributed by atoms with Crippen molar-refractivity contribution < 1.29 is 8.42 Å². The van der Waals surface area contributed by atoms with E-state index in [1.165, 1.54) is 0 Å². The molecule has 118 valence electrons. The Morgan fingerprint density at radius 3 is 2.71 bits per heavy atom. The van der Waals surface area contributed by atoms with E-state index < -0.39 is 10.0 Å². The van der Waals surface area contributed by atoms with Crippen molar-refractivity contribution in [3.8, 4) is 0 Å². The minimum atomic E-state index is -3.44. The maximum Gasteiger partial charge on any atom is 0.242 e. The number of rotatable bonds is 5. The lowest BCUT2D eigenvalue weighted by Crippen LogP contribution is -2.42. The third-order valence-corrected chi connectivity index (χ3v) is 5.68. The zero-order valence-corrected chi connectivity index (χ0v) is 13.8. The molecule has 2 unspecified atom stereocenters. The van der Waals surface area contributed by atoms with Crippen LogP contribution >= 0.6 is 0 Å². The Morgan fingerprint density at radius 1 is 1.33 bits per heavy atom. The average Bonchev–Trinajstić information content (AvgIpc) is 2.43. The highest BCUT2D eigenvalue weighted by Gasteiger charge is 2.24. The van der Waals surface area contributed by atoms with Gasteiger partial charge < -0.3 is 10.2 Å². The molecule has 0 radical (unpaired) electrons. The lowest BCUT2D eigenvalue weighted by Gasteiger charge is -2.36. The number of nitrogens with zero attached hydrogens (tertiary/aromatic N) is 1. The van der Waals surface area contributed by atoms with Crippen molar-refractivity contribution in [2.75, 3.05) is 25.5 Å². The van der Waals surface area contributed by atoms with Gasteiger partial charge in [0.25, 0.3) is 0 Å². The Bertz CT molecular complexity index is 574. The van der Waals surface area contributed by atoms with Crippen LogP contribution in [0.3, 0.4) is 0 Å². The number of sulfonamides is 1. The fourth-order valence-electron chi connectivity index (χ4n) is 2.73. The Labute approximate surface area is 127 Å². The Morgan fingerprint density at radius 2 is 2.05 bits per heavy atom. The van der Waals surface area contributed by atoms with Crippen LogP contribution in [0.15, 0.2) is 29.2 Å². The van der Waals surface area contributed by atoms with Gasteiger partial charge in [-0.1, -0.05) is 19.1 Å². The van der Waals surface area contributed by atoms with Crippen molar-refractivity contribution in [2.24, 2.45) is 0 Å². The van der Waals surface area contributed by atoms with Gasteiger partial charge in [0.1, 0.15) is 4.90 Å². The molecule has 1 fully saturated rings. The van der Waals surface area contributed by atoms with Gasteiger partial charge in [0, 0.05) is 25.2 Å². The normalized spacial score (nSPS) is 24.0. The fraction of sp³-hybridized carbons (Fsp3) is 0.600. The number of benzene rings is 1. The first-order valence-corrected chi connectivity index (χ1v) is 8.98. The first-order valence-electron chi connectivity index (χ1n) is 7.49. The van der Waals surface area contributed by atoms with Gasteiger partial charge in [0.05, 0.1) is 5.69 Å². The van der Waals surface area contributed by atoms with Crippen LogP contribution in [0.5, 0.6) is 0 Å². The van der Waals surface area contributed by atoms with Gasteiger partial charge in [0.2, 0.25) is 10.0 Å². The van der Waals surface area contributed by atoms with Crippen molar-refractivity contribution in [1.82, 2.24) is 9.62 Å². The molecule has 2 N–H and O–H groups in total. The van der Waals surface area contributed by atoms with E-state index in [4.69, 9.17) is 0 Å². The quantitative estimate of drug-likeness (QED) is 0.871. The molecule has 1 aliphatic rings. The number of anilines is 1. The van der Waals surface area contributed by atoms with Crippen LogP contribution in [-0.4, -0.2) is 45.5 Å². The SMILES string of the molecule is CCNS(=O)(=O)c1ccccc1NC1CCN(C)C(C)C1. The lowest BCUT2D eigenvalue weighted by molar-refractivity contribution is 0.190. The van der Waals surface area contributed by atoms with Crippen molar-refractivity contribution in [3.63, 3.8) is 0 Å². The van der Waals surface area contributed by atoms with Crippen LogP contribution in [0.25, 0.3) is 0 Å². The summed E-state index contributed by atoms with van der Waals surface area (Å²) in [7, 11) is -1.31. The number of nitrogens with one attached hydrogen (secondary N) is 2. The van der Waals surface area contributed by atoms with Gasteiger partial charge in [-0.25, -0.2) is 13.1 Å². The molecule has 0 aliphatic carbocycles. The van der Waals surface area contributed by atoms with Crippen LogP contribution in [0.1, 0.15) is 26.7 Å². The molecule has 0 saturated carbocycles. The van der Waals surface area contributed by atoms with Gasteiger partial charge in [-0.3, -0.25) is 0 Å². The second-order valence-corrected chi connectivity index (χ2v) is 7.43. The lowest BCUT2D eigenvalue weighted by atomic mass is 9.99. The highest BCUT2D eigenvalue weighted by atomic mass is 32.2. The first kappa shape index (κ1) is 16.3.